The predicted molar refractivity (Wildman–Crippen MR) is 62.7 cm³/mol. The molecule has 0 saturated heterocycles. The summed E-state index contributed by atoms with van der Waals surface area (Å²) in [5.41, 5.74) is 1.37. The van der Waals surface area contributed by atoms with Crippen molar-refractivity contribution >= 4 is 17.4 Å². The lowest BCUT2D eigenvalue weighted by molar-refractivity contribution is -0.123. The van der Waals surface area contributed by atoms with E-state index in [9.17, 15) is 14.7 Å². The van der Waals surface area contributed by atoms with Gasteiger partial charge in [0.2, 0.25) is 0 Å². The molecule has 1 aromatic carbocycles. The maximum atomic E-state index is 11.5. The Labute approximate surface area is 98.3 Å². The van der Waals surface area contributed by atoms with Gasteiger partial charge in [0.05, 0.1) is 11.7 Å². The van der Waals surface area contributed by atoms with E-state index in [0.717, 1.165) is 0 Å². The fraction of sp³-hybridized carbons (Fsp3) is 0.0769. The molecule has 17 heavy (non-hydrogen) atoms. The molecule has 0 saturated carbocycles. The van der Waals surface area contributed by atoms with Crippen LogP contribution in [0, 0.1) is 0 Å². The summed E-state index contributed by atoms with van der Waals surface area (Å²) in [5, 5.41) is 11.9. The minimum absolute atomic E-state index is 0.270. The second-order valence-electron chi connectivity index (χ2n) is 3.64. The number of aliphatic hydroxyl groups excluding tert-OH is 1. The van der Waals surface area contributed by atoms with Crippen LogP contribution in [0.25, 0.3) is 5.57 Å². The Morgan fingerprint density at radius 2 is 2.00 bits per heavy atom. The van der Waals surface area contributed by atoms with Crippen molar-refractivity contribution in [2.75, 3.05) is 0 Å². The fourth-order valence-corrected chi connectivity index (χ4v) is 1.74. The van der Waals surface area contributed by atoms with Gasteiger partial charge in [-0.25, -0.2) is 0 Å². The predicted octanol–water partition coefficient (Wildman–Crippen LogP) is 0.946. The van der Waals surface area contributed by atoms with Crippen LogP contribution in [-0.4, -0.2) is 16.9 Å². The highest BCUT2D eigenvalue weighted by atomic mass is 16.3. The first-order chi connectivity index (χ1) is 8.13. The van der Waals surface area contributed by atoms with E-state index < -0.39 is 17.9 Å². The Bertz CT molecular complexity index is 531. The lowest BCUT2D eigenvalue weighted by Gasteiger charge is -2.11. The lowest BCUT2D eigenvalue weighted by atomic mass is 9.96. The van der Waals surface area contributed by atoms with Gasteiger partial charge in [0.25, 0.3) is 11.8 Å². The SMILES string of the molecule is C=CC(O)c1ccccc1C1=CC(=O)NC1=O. The number of nitrogens with one attached hydrogen (secondary N) is 1. The number of carbonyl (C=O) groups is 2. The van der Waals surface area contributed by atoms with Crippen molar-refractivity contribution in [1.29, 1.82) is 0 Å². The molecule has 1 aromatic rings. The highest BCUT2D eigenvalue weighted by Gasteiger charge is 2.24. The topological polar surface area (TPSA) is 66.4 Å². The highest BCUT2D eigenvalue weighted by Crippen LogP contribution is 2.27. The molecule has 0 aliphatic carbocycles. The van der Waals surface area contributed by atoms with Gasteiger partial charge in [-0.15, -0.1) is 6.58 Å². The summed E-state index contributed by atoms with van der Waals surface area (Å²) < 4.78 is 0. The third kappa shape index (κ3) is 2.03. The molecule has 0 bridgehead atoms. The van der Waals surface area contributed by atoms with E-state index in [1.54, 1.807) is 24.3 Å². The van der Waals surface area contributed by atoms with Crippen LogP contribution < -0.4 is 5.32 Å². The molecule has 2 amide bonds. The number of imide groups is 1. The van der Waals surface area contributed by atoms with Gasteiger partial charge in [0, 0.05) is 6.08 Å². The van der Waals surface area contributed by atoms with Gasteiger partial charge in [0.15, 0.2) is 0 Å². The largest absolute Gasteiger partial charge is 0.384 e. The van der Waals surface area contributed by atoms with Crippen LogP contribution in [0.15, 0.2) is 43.0 Å². The van der Waals surface area contributed by atoms with E-state index >= 15 is 0 Å². The van der Waals surface area contributed by atoms with E-state index in [-0.39, 0.29) is 5.57 Å². The zero-order valence-electron chi connectivity index (χ0n) is 9.01. The van der Waals surface area contributed by atoms with Crippen LogP contribution in [0.5, 0.6) is 0 Å². The molecule has 1 aliphatic rings. The van der Waals surface area contributed by atoms with Crippen LogP contribution in [-0.2, 0) is 9.59 Å². The number of rotatable bonds is 3. The van der Waals surface area contributed by atoms with Crippen molar-refractivity contribution in [3.05, 3.63) is 54.1 Å². The van der Waals surface area contributed by atoms with Gasteiger partial charge >= 0.3 is 0 Å². The normalized spacial score (nSPS) is 16.4. The first kappa shape index (κ1) is 11.3. The molecule has 0 aromatic heterocycles. The number of carbonyl (C=O) groups excluding carboxylic acids is 2. The summed E-state index contributed by atoms with van der Waals surface area (Å²) >= 11 is 0. The first-order valence-electron chi connectivity index (χ1n) is 5.10. The molecule has 2 N–H and O–H groups in total. The van der Waals surface area contributed by atoms with Crippen LogP contribution in [0.2, 0.25) is 0 Å². The van der Waals surface area contributed by atoms with Crippen LogP contribution in [0.3, 0.4) is 0 Å². The third-order valence-electron chi connectivity index (χ3n) is 2.55. The zero-order chi connectivity index (χ0) is 12.4. The minimum atomic E-state index is -0.865. The second-order valence-corrected chi connectivity index (χ2v) is 3.64. The molecule has 2 rings (SSSR count). The molecule has 1 aliphatic heterocycles. The van der Waals surface area contributed by atoms with Crippen molar-refractivity contribution in [1.82, 2.24) is 5.32 Å². The first-order valence-corrected chi connectivity index (χ1v) is 5.10. The maximum absolute atomic E-state index is 11.5. The number of hydrogen-bond donors (Lipinski definition) is 2. The molecule has 4 nitrogen and oxygen atoms in total. The smallest absolute Gasteiger partial charge is 0.258 e. The molecule has 1 heterocycles. The second kappa shape index (κ2) is 4.35. The van der Waals surface area contributed by atoms with Crippen molar-refractivity contribution in [3.8, 4) is 0 Å². The molecule has 0 radical (unpaired) electrons. The van der Waals surface area contributed by atoms with E-state index in [2.05, 4.69) is 11.9 Å². The monoisotopic (exact) mass is 229 g/mol. The summed E-state index contributed by atoms with van der Waals surface area (Å²) in [6.45, 7) is 3.50. The average Bonchev–Trinajstić information content (AvgIpc) is 2.67. The van der Waals surface area contributed by atoms with Crippen molar-refractivity contribution in [3.63, 3.8) is 0 Å². The number of benzene rings is 1. The Kier molecular flexibility index (Phi) is 2.89. The molecule has 0 spiro atoms. The minimum Gasteiger partial charge on any atom is -0.384 e. The molecule has 0 fully saturated rings. The average molecular weight is 229 g/mol. The van der Waals surface area contributed by atoms with E-state index in [0.29, 0.717) is 11.1 Å². The molecule has 1 unspecified atom stereocenters. The molecule has 86 valence electrons. The van der Waals surface area contributed by atoms with E-state index in [1.807, 2.05) is 0 Å². The Balaban J connectivity index is 2.53. The zero-order valence-corrected chi connectivity index (χ0v) is 9.01. The van der Waals surface area contributed by atoms with E-state index in [4.69, 9.17) is 0 Å². The van der Waals surface area contributed by atoms with Gasteiger partial charge < -0.3 is 5.11 Å². The Morgan fingerprint density at radius 3 is 2.59 bits per heavy atom. The van der Waals surface area contributed by atoms with Gasteiger partial charge in [0.1, 0.15) is 0 Å². The van der Waals surface area contributed by atoms with E-state index in [1.165, 1.54) is 12.2 Å². The van der Waals surface area contributed by atoms with Crippen LogP contribution in [0.1, 0.15) is 17.2 Å². The van der Waals surface area contributed by atoms with Crippen molar-refractivity contribution < 1.29 is 14.7 Å². The third-order valence-corrected chi connectivity index (χ3v) is 2.55. The van der Waals surface area contributed by atoms with Gasteiger partial charge in [-0.2, -0.15) is 0 Å². The highest BCUT2D eigenvalue weighted by molar-refractivity contribution is 6.33. The fourth-order valence-electron chi connectivity index (χ4n) is 1.74. The Morgan fingerprint density at radius 1 is 1.29 bits per heavy atom. The van der Waals surface area contributed by atoms with Gasteiger partial charge in [-0.1, -0.05) is 30.3 Å². The van der Waals surface area contributed by atoms with Crippen molar-refractivity contribution in [2.45, 2.75) is 6.10 Å². The van der Waals surface area contributed by atoms with Crippen molar-refractivity contribution in [2.24, 2.45) is 0 Å². The number of amides is 2. The summed E-state index contributed by atoms with van der Waals surface area (Å²) in [5.74, 6) is -0.883. The quantitative estimate of drug-likeness (QED) is 0.599. The molecular formula is C13H11NO3. The summed E-state index contributed by atoms with van der Waals surface area (Å²) in [6, 6.07) is 6.87. The molecule has 4 heteroatoms. The number of hydrogen-bond acceptors (Lipinski definition) is 3. The Hall–Kier alpha value is -2.20. The van der Waals surface area contributed by atoms with Crippen LogP contribution >= 0.6 is 0 Å². The van der Waals surface area contributed by atoms with Crippen LogP contribution in [0.4, 0.5) is 0 Å². The standard InChI is InChI=1S/C13H11NO3/c1-2-11(15)9-6-4-3-5-8(9)10-7-12(16)14-13(10)17/h2-7,11,15H,1H2,(H,14,16,17). The maximum Gasteiger partial charge on any atom is 0.258 e. The molecular weight excluding hydrogens is 218 g/mol. The summed E-state index contributed by atoms with van der Waals surface area (Å²) in [6.07, 6.45) is 1.74. The summed E-state index contributed by atoms with van der Waals surface area (Å²) in [4.78, 5) is 22.6. The number of aliphatic hydroxyl groups is 1. The summed E-state index contributed by atoms with van der Waals surface area (Å²) in [7, 11) is 0. The molecule has 1 atom stereocenters. The van der Waals surface area contributed by atoms with Gasteiger partial charge in [-0.05, 0) is 11.1 Å². The van der Waals surface area contributed by atoms with Gasteiger partial charge in [-0.3, -0.25) is 14.9 Å². The lowest BCUT2D eigenvalue weighted by Crippen LogP contribution is -2.22.